The molecule has 1 nitrogen and oxygen atoms in total. The molecule has 2 heteroatoms. The Balaban J connectivity index is 2.28. The zero-order valence-corrected chi connectivity index (χ0v) is 9.90. The summed E-state index contributed by atoms with van der Waals surface area (Å²) >= 11 is 1.79. The minimum Gasteiger partial charge on any atom is -0.380 e. The lowest BCUT2D eigenvalue weighted by molar-refractivity contribution is 1.14. The van der Waals surface area contributed by atoms with Gasteiger partial charge in [-0.15, -0.1) is 11.3 Å². The highest BCUT2D eigenvalue weighted by molar-refractivity contribution is 7.19. The van der Waals surface area contributed by atoms with Crippen molar-refractivity contribution in [1.82, 2.24) is 0 Å². The molecule has 2 aromatic rings. The number of hydrogen-bond donors (Lipinski definition) is 1. The summed E-state index contributed by atoms with van der Waals surface area (Å²) in [4.78, 5) is 1.32. The number of nitrogens with one attached hydrogen (secondary N) is 1. The number of rotatable bonds is 3. The second kappa shape index (κ2) is 4.49. The predicted octanol–water partition coefficient (Wildman–Crippen LogP) is 4.02. The Morgan fingerprint density at radius 3 is 2.33 bits per heavy atom. The van der Waals surface area contributed by atoms with Gasteiger partial charge in [-0.3, -0.25) is 0 Å². The lowest BCUT2D eigenvalue weighted by Crippen LogP contribution is -1.80. The largest absolute Gasteiger partial charge is 0.380 e. The third kappa shape index (κ3) is 2.21. The van der Waals surface area contributed by atoms with Crippen LogP contribution in [0.25, 0.3) is 10.4 Å². The molecule has 1 N–H and O–H groups in total. The summed E-state index contributed by atoms with van der Waals surface area (Å²) in [5, 5.41) is 4.37. The Kier molecular flexibility index (Phi) is 3.07. The van der Waals surface area contributed by atoms with E-state index in [2.05, 4.69) is 48.6 Å². The lowest BCUT2D eigenvalue weighted by Gasteiger charge is -1.99. The summed E-state index contributed by atoms with van der Waals surface area (Å²) in [5.74, 6) is 0. The Labute approximate surface area is 94.8 Å². The van der Waals surface area contributed by atoms with E-state index in [0.717, 1.165) is 6.42 Å². The van der Waals surface area contributed by atoms with Crippen LogP contribution in [0.4, 0.5) is 5.00 Å². The van der Waals surface area contributed by atoms with Crippen molar-refractivity contribution < 1.29 is 0 Å². The fraction of sp³-hybridized carbons (Fsp3) is 0.231. The molecular formula is C13H15NS. The first-order valence-electron chi connectivity index (χ1n) is 5.20. The maximum absolute atomic E-state index is 3.16. The van der Waals surface area contributed by atoms with Gasteiger partial charge in [0.1, 0.15) is 0 Å². The molecule has 0 bridgehead atoms. The fourth-order valence-electron chi connectivity index (χ4n) is 1.53. The normalized spacial score (nSPS) is 10.3. The molecule has 0 radical (unpaired) electrons. The van der Waals surface area contributed by atoms with Gasteiger partial charge in [-0.25, -0.2) is 0 Å². The van der Waals surface area contributed by atoms with Crippen LogP contribution < -0.4 is 5.32 Å². The van der Waals surface area contributed by atoms with Crippen LogP contribution in [0.3, 0.4) is 0 Å². The van der Waals surface area contributed by atoms with Gasteiger partial charge in [-0.05, 0) is 29.7 Å². The van der Waals surface area contributed by atoms with E-state index in [1.54, 1.807) is 11.3 Å². The van der Waals surface area contributed by atoms with Crippen LogP contribution in [0.1, 0.15) is 12.5 Å². The molecule has 15 heavy (non-hydrogen) atoms. The molecule has 0 amide bonds. The van der Waals surface area contributed by atoms with Crippen molar-refractivity contribution in [3.63, 3.8) is 0 Å². The molecule has 0 saturated heterocycles. The molecule has 0 saturated carbocycles. The van der Waals surface area contributed by atoms with Crippen molar-refractivity contribution in [1.29, 1.82) is 0 Å². The van der Waals surface area contributed by atoms with Gasteiger partial charge in [0.25, 0.3) is 0 Å². The number of benzene rings is 1. The van der Waals surface area contributed by atoms with Gasteiger partial charge in [0, 0.05) is 11.9 Å². The summed E-state index contributed by atoms with van der Waals surface area (Å²) in [7, 11) is 1.95. The van der Waals surface area contributed by atoms with E-state index in [9.17, 15) is 0 Å². The molecule has 0 aliphatic heterocycles. The van der Waals surface area contributed by atoms with Crippen molar-refractivity contribution in [3.05, 3.63) is 42.0 Å². The highest BCUT2D eigenvalue weighted by Gasteiger charge is 2.01. The molecule has 1 aromatic heterocycles. The summed E-state index contributed by atoms with van der Waals surface area (Å²) in [6.07, 6.45) is 1.10. The van der Waals surface area contributed by atoms with Crippen LogP contribution in [0.2, 0.25) is 0 Å². The third-order valence-corrected chi connectivity index (χ3v) is 3.65. The van der Waals surface area contributed by atoms with Crippen molar-refractivity contribution >= 4 is 16.3 Å². The number of hydrogen-bond acceptors (Lipinski definition) is 2. The van der Waals surface area contributed by atoms with Crippen LogP contribution in [0.5, 0.6) is 0 Å². The Morgan fingerprint density at radius 1 is 1.07 bits per heavy atom. The van der Waals surface area contributed by atoms with Gasteiger partial charge in [-0.2, -0.15) is 0 Å². The summed E-state index contributed by atoms with van der Waals surface area (Å²) in [6.45, 7) is 2.18. The standard InChI is InChI=1S/C13H15NS/c1-3-10-4-6-11(7-5-10)12-8-9-13(14-2)15-12/h4-9,14H,3H2,1-2H3. The minimum absolute atomic E-state index is 1.10. The molecule has 0 aliphatic rings. The van der Waals surface area contributed by atoms with Crippen LogP contribution in [0.15, 0.2) is 36.4 Å². The molecule has 1 aromatic carbocycles. The maximum Gasteiger partial charge on any atom is 0.0886 e. The summed E-state index contributed by atoms with van der Waals surface area (Å²) in [6, 6.07) is 13.1. The number of anilines is 1. The van der Waals surface area contributed by atoms with E-state index >= 15 is 0 Å². The van der Waals surface area contributed by atoms with Crippen molar-refractivity contribution in [2.24, 2.45) is 0 Å². The monoisotopic (exact) mass is 217 g/mol. The summed E-state index contributed by atoms with van der Waals surface area (Å²) < 4.78 is 0. The second-order valence-electron chi connectivity index (χ2n) is 3.46. The Morgan fingerprint density at radius 2 is 1.80 bits per heavy atom. The summed E-state index contributed by atoms with van der Waals surface area (Å²) in [5.41, 5.74) is 2.70. The smallest absolute Gasteiger partial charge is 0.0886 e. The maximum atomic E-state index is 3.16. The molecule has 0 fully saturated rings. The molecule has 78 valence electrons. The molecule has 0 atom stereocenters. The Bertz CT molecular complexity index is 428. The van der Waals surface area contributed by atoms with E-state index in [0.29, 0.717) is 0 Å². The van der Waals surface area contributed by atoms with Crippen molar-refractivity contribution in [2.45, 2.75) is 13.3 Å². The van der Waals surface area contributed by atoms with Crippen LogP contribution in [-0.4, -0.2) is 7.05 Å². The van der Waals surface area contributed by atoms with Crippen LogP contribution in [0, 0.1) is 0 Å². The molecule has 2 rings (SSSR count). The molecule has 0 unspecified atom stereocenters. The average molecular weight is 217 g/mol. The third-order valence-electron chi connectivity index (χ3n) is 2.50. The van der Waals surface area contributed by atoms with E-state index in [4.69, 9.17) is 0 Å². The first kappa shape index (κ1) is 10.2. The molecule has 0 spiro atoms. The van der Waals surface area contributed by atoms with Gasteiger partial charge in [0.15, 0.2) is 0 Å². The number of thiophene rings is 1. The van der Waals surface area contributed by atoms with Crippen LogP contribution in [-0.2, 0) is 6.42 Å². The average Bonchev–Trinajstić information content (AvgIpc) is 2.78. The first-order chi connectivity index (χ1) is 7.33. The highest BCUT2D eigenvalue weighted by atomic mass is 32.1. The Hall–Kier alpha value is -1.28. The predicted molar refractivity (Wildman–Crippen MR) is 68.7 cm³/mol. The minimum atomic E-state index is 1.10. The van der Waals surface area contributed by atoms with Gasteiger partial charge < -0.3 is 5.32 Å². The SMILES string of the molecule is CCc1ccc(-c2ccc(NC)s2)cc1. The molecule has 0 aliphatic carbocycles. The van der Waals surface area contributed by atoms with E-state index in [1.165, 1.54) is 21.0 Å². The second-order valence-corrected chi connectivity index (χ2v) is 4.55. The van der Waals surface area contributed by atoms with Gasteiger partial charge in [0.2, 0.25) is 0 Å². The van der Waals surface area contributed by atoms with Gasteiger partial charge >= 0.3 is 0 Å². The molecule has 1 heterocycles. The highest BCUT2D eigenvalue weighted by Crippen LogP contribution is 2.31. The zero-order chi connectivity index (χ0) is 10.7. The van der Waals surface area contributed by atoms with Crippen molar-refractivity contribution in [3.8, 4) is 10.4 Å². The first-order valence-corrected chi connectivity index (χ1v) is 6.02. The van der Waals surface area contributed by atoms with E-state index in [-0.39, 0.29) is 0 Å². The van der Waals surface area contributed by atoms with Gasteiger partial charge in [-0.1, -0.05) is 31.2 Å². The quantitative estimate of drug-likeness (QED) is 0.818. The molecular weight excluding hydrogens is 202 g/mol. The van der Waals surface area contributed by atoms with E-state index < -0.39 is 0 Å². The van der Waals surface area contributed by atoms with E-state index in [1.807, 2.05) is 7.05 Å². The van der Waals surface area contributed by atoms with Gasteiger partial charge in [0.05, 0.1) is 5.00 Å². The van der Waals surface area contributed by atoms with Crippen molar-refractivity contribution in [2.75, 3.05) is 12.4 Å². The number of aryl methyl sites for hydroxylation is 1. The fourth-order valence-corrected chi connectivity index (χ4v) is 2.40. The zero-order valence-electron chi connectivity index (χ0n) is 9.08. The van der Waals surface area contributed by atoms with Crippen LogP contribution >= 0.6 is 11.3 Å². The lowest BCUT2D eigenvalue weighted by atomic mass is 10.1. The topological polar surface area (TPSA) is 12.0 Å².